The molecule has 2 nitrogen and oxygen atoms in total. The fourth-order valence-electron chi connectivity index (χ4n) is 1.86. The molecule has 1 unspecified atom stereocenters. The van der Waals surface area contributed by atoms with E-state index in [1.807, 2.05) is 19.1 Å². The van der Waals surface area contributed by atoms with E-state index in [0.717, 1.165) is 18.0 Å². The lowest BCUT2D eigenvalue weighted by molar-refractivity contribution is 0.174. The second kappa shape index (κ2) is 5.15. The van der Waals surface area contributed by atoms with Gasteiger partial charge in [-0.3, -0.25) is 0 Å². The Balaban J connectivity index is 2.22. The largest absolute Gasteiger partial charge is 0.394 e. The molecule has 1 aliphatic rings. The van der Waals surface area contributed by atoms with Crippen molar-refractivity contribution >= 4 is 23.2 Å². The number of benzene rings is 1. The van der Waals surface area contributed by atoms with Crippen molar-refractivity contribution in [3.05, 3.63) is 33.8 Å². The summed E-state index contributed by atoms with van der Waals surface area (Å²) in [6, 6.07) is 5.52. The van der Waals surface area contributed by atoms with E-state index in [1.54, 1.807) is 6.07 Å². The van der Waals surface area contributed by atoms with Gasteiger partial charge in [-0.2, -0.15) is 0 Å². The van der Waals surface area contributed by atoms with Crippen LogP contribution in [0.1, 0.15) is 25.3 Å². The summed E-state index contributed by atoms with van der Waals surface area (Å²) in [5.41, 5.74) is 0.333. The Hall–Kier alpha value is -0.280. The van der Waals surface area contributed by atoms with Crippen LogP contribution in [-0.4, -0.2) is 18.3 Å². The lowest BCUT2D eigenvalue weighted by atomic mass is 9.92. The molecule has 2 rings (SSSR count). The second-order valence-electron chi connectivity index (χ2n) is 4.92. The molecule has 1 saturated carbocycles. The fraction of sp³-hybridized carbons (Fsp3) is 0.538. The summed E-state index contributed by atoms with van der Waals surface area (Å²) in [5.74, 6) is 0.749. The number of hydrogen-bond donors (Lipinski definition) is 2. The quantitative estimate of drug-likeness (QED) is 0.864. The van der Waals surface area contributed by atoms with Gasteiger partial charge in [-0.25, -0.2) is 0 Å². The predicted molar refractivity (Wildman–Crippen MR) is 71.6 cm³/mol. The molecule has 0 heterocycles. The zero-order chi connectivity index (χ0) is 12.5. The highest BCUT2D eigenvalue weighted by molar-refractivity contribution is 6.42. The Morgan fingerprint density at radius 2 is 2.12 bits per heavy atom. The third kappa shape index (κ3) is 2.94. The van der Waals surface area contributed by atoms with Gasteiger partial charge in [0.05, 0.1) is 22.2 Å². The minimum absolute atomic E-state index is 0.000216. The van der Waals surface area contributed by atoms with E-state index in [1.165, 1.54) is 12.8 Å². The van der Waals surface area contributed by atoms with Crippen LogP contribution in [0.5, 0.6) is 0 Å². The number of hydrogen-bond acceptors (Lipinski definition) is 2. The Morgan fingerprint density at radius 3 is 2.71 bits per heavy atom. The molecular formula is C13H17Cl2NO. The van der Waals surface area contributed by atoms with Crippen LogP contribution in [-0.2, 0) is 5.54 Å². The monoisotopic (exact) mass is 273 g/mol. The molecule has 4 heteroatoms. The van der Waals surface area contributed by atoms with Crippen LogP contribution in [0.2, 0.25) is 10.0 Å². The minimum Gasteiger partial charge on any atom is -0.394 e. The van der Waals surface area contributed by atoms with Gasteiger partial charge >= 0.3 is 0 Å². The molecule has 0 aliphatic heterocycles. The lowest BCUT2D eigenvalue weighted by Crippen LogP contribution is -2.44. The fourth-order valence-corrected chi connectivity index (χ4v) is 2.37. The standard InChI is InChI=1S/C13H17Cl2NO/c1-13(8-17,16-7-9-5-6-9)10-3-2-4-11(14)12(10)15/h2-4,9,16-17H,5-8H2,1H3. The highest BCUT2D eigenvalue weighted by atomic mass is 35.5. The Labute approximate surface area is 112 Å². The molecule has 17 heavy (non-hydrogen) atoms. The number of rotatable bonds is 5. The SMILES string of the molecule is CC(CO)(NCC1CC1)c1cccc(Cl)c1Cl. The van der Waals surface area contributed by atoms with Crippen LogP contribution in [0.4, 0.5) is 0 Å². The van der Waals surface area contributed by atoms with Gasteiger partial charge in [0.15, 0.2) is 0 Å². The molecule has 0 amide bonds. The van der Waals surface area contributed by atoms with E-state index in [0.29, 0.717) is 10.0 Å². The van der Waals surface area contributed by atoms with Crippen molar-refractivity contribution in [3.63, 3.8) is 0 Å². The smallest absolute Gasteiger partial charge is 0.0655 e. The van der Waals surface area contributed by atoms with Crippen molar-refractivity contribution in [3.8, 4) is 0 Å². The van der Waals surface area contributed by atoms with Crippen LogP contribution in [0.15, 0.2) is 18.2 Å². The van der Waals surface area contributed by atoms with Gasteiger partial charge < -0.3 is 10.4 Å². The van der Waals surface area contributed by atoms with E-state index in [9.17, 15) is 5.11 Å². The molecular weight excluding hydrogens is 257 g/mol. The van der Waals surface area contributed by atoms with Crippen LogP contribution < -0.4 is 5.32 Å². The van der Waals surface area contributed by atoms with Crippen LogP contribution >= 0.6 is 23.2 Å². The number of aliphatic hydroxyl groups excluding tert-OH is 1. The minimum atomic E-state index is -0.523. The van der Waals surface area contributed by atoms with E-state index < -0.39 is 5.54 Å². The molecule has 0 spiro atoms. The normalized spacial score (nSPS) is 19.1. The summed E-state index contributed by atoms with van der Waals surface area (Å²) in [5, 5.41) is 14.1. The summed E-state index contributed by atoms with van der Waals surface area (Å²) in [6.45, 7) is 2.87. The van der Waals surface area contributed by atoms with Crippen molar-refractivity contribution in [2.75, 3.05) is 13.2 Å². The highest BCUT2D eigenvalue weighted by Gasteiger charge is 2.31. The molecule has 1 aromatic rings. The first-order valence-corrected chi connectivity index (χ1v) is 6.63. The highest BCUT2D eigenvalue weighted by Crippen LogP contribution is 2.34. The van der Waals surface area contributed by atoms with E-state index in [4.69, 9.17) is 23.2 Å². The maximum atomic E-state index is 9.62. The molecule has 2 N–H and O–H groups in total. The molecule has 0 bridgehead atoms. The zero-order valence-electron chi connectivity index (χ0n) is 9.84. The molecule has 94 valence electrons. The maximum absolute atomic E-state index is 9.62. The van der Waals surface area contributed by atoms with Gasteiger partial charge in [-0.1, -0.05) is 35.3 Å². The first kappa shape index (κ1) is 13.2. The van der Waals surface area contributed by atoms with Gasteiger partial charge in [0.2, 0.25) is 0 Å². The van der Waals surface area contributed by atoms with Crippen LogP contribution in [0, 0.1) is 5.92 Å². The second-order valence-corrected chi connectivity index (χ2v) is 5.70. The Kier molecular flexibility index (Phi) is 3.99. The third-order valence-corrected chi connectivity index (χ3v) is 4.16. The van der Waals surface area contributed by atoms with Gasteiger partial charge in [0.1, 0.15) is 0 Å². The average Bonchev–Trinajstić information content (AvgIpc) is 3.13. The van der Waals surface area contributed by atoms with Crippen molar-refractivity contribution in [2.24, 2.45) is 5.92 Å². The summed E-state index contributed by atoms with van der Waals surface area (Å²) < 4.78 is 0. The Morgan fingerprint density at radius 1 is 1.41 bits per heavy atom. The van der Waals surface area contributed by atoms with Gasteiger partial charge in [-0.15, -0.1) is 0 Å². The number of aliphatic hydroxyl groups is 1. The zero-order valence-corrected chi connectivity index (χ0v) is 11.4. The van der Waals surface area contributed by atoms with E-state index in [-0.39, 0.29) is 6.61 Å². The first-order valence-electron chi connectivity index (χ1n) is 5.87. The lowest BCUT2D eigenvalue weighted by Gasteiger charge is -2.30. The summed E-state index contributed by atoms with van der Waals surface area (Å²) in [6.07, 6.45) is 2.55. The topological polar surface area (TPSA) is 32.3 Å². The van der Waals surface area contributed by atoms with Gasteiger partial charge in [0.25, 0.3) is 0 Å². The molecule has 1 aliphatic carbocycles. The van der Waals surface area contributed by atoms with Gasteiger partial charge in [0, 0.05) is 0 Å². The Bertz CT molecular complexity index is 406. The van der Waals surface area contributed by atoms with E-state index >= 15 is 0 Å². The predicted octanol–water partition coefficient (Wildman–Crippen LogP) is 3.20. The van der Waals surface area contributed by atoms with E-state index in [2.05, 4.69) is 5.32 Å². The van der Waals surface area contributed by atoms with Crippen molar-refractivity contribution in [1.29, 1.82) is 0 Å². The molecule has 1 fully saturated rings. The maximum Gasteiger partial charge on any atom is 0.0655 e. The summed E-state index contributed by atoms with van der Waals surface area (Å²) in [4.78, 5) is 0. The molecule has 1 atom stereocenters. The van der Waals surface area contributed by atoms with Crippen molar-refractivity contribution in [1.82, 2.24) is 5.32 Å². The first-order chi connectivity index (χ1) is 8.07. The number of nitrogens with one attached hydrogen (secondary N) is 1. The third-order valence-electron chi connectivity index (χ3n) is 3.34. The molecule has 1 aromatic carbocycles. The summed E-state index contributed by atoms with van der Waals surface area (Å²) >= 11 is 12.2. The summed E-state index contributed by atoms with van der Waals surface area (Å²) in [7, 11) is 0. The number of halogens is 2. The van der Waals surface area contributed by atoms with Gasteiger partial charge in [-0.05, 0) is 43.9 Å². The molecule has 0 saturated heterocycles. The van der Waals surface area contributed by atoms with Crippen LogP contribution in [0.25, 0.3) is 0 Å². The molecule has 0 aromatic heterocycles. The molecule has 0 radical (unpaired) electrons. The average molecular weight is 274 g/mol. The van der Waals surface area contributed by atoms with Crippen molar-refractivity contribution in [2.45, 2.75) is 25.3 Å². The van der Waals surface area contributed by atoms with Crippen molar-refractivity contribution < 1.29 is 5.11 Å². The van der Waals surface area contributed by atoms with Crippen LogP contribution in [0.3, 0.4) is 0 Å².